The first-order chi connectivity index (χ1) is 27.0. The van der Waals surface area contributed by atoms with Gasteiger partial charge in [0.2, 0.25) is 0 Å². The molecule has 1 aromatic rings. The van der Waals surface area contributed by atoms with Crippen LogP contribution in [0.4, 0.5) is 0 Å². The minimum absolute atomic E-state index is 0.0342. The number of carbonyl (C=O) groups excluding carboxylic acids is 4. The molecule has 0 unspecified atom stereocenters. The Morgan fingerprint density at radius 1 is 0.607 bits per heavy atom. The van der Waals surface area contributed by atoms with E-state index in [0.29, 0.717) is 11.5 Å². The molecule has 0 spiro atoms. The maximum atomic E-state index is 12.5. The SMILES string of the molecule is CO[C@H]1O[C@H](CBr)[C@@H](O[C@@H]2O[C@H](COC(C)=O)[C@H](OC(C)=O)[C@H](OC(C)=O)[C@H]2OC(C)=O)[C@@H]2OOCCOCCOc3ccc(cc3)OCCOCCOO[C@@H]12. The van der Waals surface area contributed by atoms with Crippen molar-refractivity contribution in [1.82, 2.24) is 0 Å². The monoisotopic (exact) mass is 868 g/mol. The van der Waals surface area contributed by atoms with E-state index in [0.717, 1.165) is 27.7 Å². The van der Waals surface area contributed by atoms with Gasteiger partial charge in [-0.05, 0) is 24.3 Å². The average molecular weight is 870 g/mol. The van der Waals surface area contributed by atoms with Gasteiger partial charge in [-0.2, -0.15) is 0 Å². The molecule has 316 valence electrons. The first-order valence-electron chi connectivity index (χ1n) is 17.8. The predicted octanol–water partition coefficient (Wildman–Crippen LogP) is 1.36. The summed E-state index contributed by atoms with van der Waals surface area (Å²) < 4.78 is 69.0. The Labute approximate surface area is 331 Å². The van der Waals surface area contributed by atoms with Crippen LogP contribution in [0, 0.1) is 0 Å². The van der Waals surface area contributed by atoms with Crippen LogP contribution < -0.4 is 9.47 Å². The number of rotatable bonds is 9. The third-order valence-electron chi connectivity index (χ3n) is 8.01. The van der Waals surface area contributed by atoms with E-state index in [2.05, 4.69) is 15.9 Å². The van der Waals surface area contributed by atoms with E-state index < -0.39 is 91.9 Å². The number of benzene rings is 1. The molecular formula is C35H49BrO20. The van der Waals surface area contributed by atoms with Gasteiger partial charge in [-0.25, -0.2) is 19.6 Å². The smallest absolute Gasteiger partial charge is 0.303 e. The lowest BCUT2D eigenvalue weighted by atomic mass is 9.96. The number of carbonyl (C=O) groups is 4. The predicted molar refractivity (Wildman–Crippen MR) is 187 cm³/mol. The third kappa shape index (κ3) is 14.3. The Bertz CT molecular complexity index is 1370. The van der Waals surface area contributed by atoms with Gasteiger partial charge >= 0.3 is 23.9 Å². The summed E-state index contributed by atoms with van der Waals surface area (Å²) in [4.78, 5) is 71.7. The summed E-state index contributed by atoms with van der Waals surface area (Å²) in [6.07, 6.45) is -13.0. The average Bonchev–Trinajstić information content (AvgIpc) is 3.15. The summed E-state index contributed by atoms with van der Waals surface area (Å²) in [5.74, 6) is -1.82. The molecule has 2 fully saturated rings. The molecule has 0 saturated carbocycles. The number of hydrogen-bond acceptors (Lipinski definition) is 20. The van der Waals surface area contributed by atoms with Gasteiger partial charge in [0.15, 0.2) is 43.1 Å². The summed E-state index contributed by atoms with van der Waals surface area (Å²) in [5, 5.41) is 0.123. The standard InChI is InChI=1S/C35H49BrO20/c1-20(37)46-19-27-29(49-21(2)38)30(50-22(3)39)32(51-23(4)40)35(53-27)54-28-26(18-36)52-34(41-5)33-31(28)55-47-16-12-42-10-14-44-24-6-8-25(9-7-24)45-15-11-43-13-17-48-56-33/h6-9,26-35H,10-19H2,1-5H3/t26-,27-,28-,29+,30+,31+,32-,33-,34+,35+/m1/s1. The van der Waals surface area contributed by atoms with Gasteiger partial charge in [0.1, 0.15) is 56.7 Å². The fraction of sp³-hybridized carbons (Fsp3) is 0.714. The van der Waals surface area contributed by atoms with Gasteiger partial charge in [0, 0.05) is 40.1 Å². The topological polar surface area (TPSA) is 216 Å². The van der Waals surface area contributed by atoms with Crippen LogP contribution in [0.5, 0.6) is 11.5 Å². The second-order valence-electron chi connectivity index (χ2n) is 12.3. The molecule has 4 aliphatic rings. The van der Waals surface area contributed by atoms with Crippen molar-refractivity contribution >= 4 is 39.8 Å². The number of halogens is 1. The van der Waals surface area contributed by atoms with Crippen LogP contribution in [0.25, 0.3) is 0 Å². The van der Waals surface area contributed by atoms with Crippen molar-refractivity contribution in [2.75, 3.05) is 71.9 Å². The second-order valence-corrected chi connectivity index (χ2v) is 12.9. The summed E-state index contributed by atoms with van der Waals surface area (Å²) in [5.41, 5.74) is 0. The Morgan fingerprint density at radius 3 is 1.62 bits per heavy atom. The van der Waals surface area contributed by atoms with Crippen molar-refractivity contribution in [1.29, 1.82) is 0 Å². The van der Waals surface area contributed by atoms with Gasteiger partial charge < -0.3 is 56.8 Å². The molecule has 56 heavy (non-hydrogen) atoms. The molecular weight excluding hydrogens is 820 g/mol. The Kier molecular flexibility index (Phi) is 19.4. The number of ether oxygens (including phenoxy) is 12. The minimum Gasteiger partial charge on any atom is -0.491 e. The van der Waals surface area contributed by atoms with Crippen LogP contribution in [-0.4, -0.2) is 157 Å². The molecule has 4 aliphatic heterocycles. The highest BCUT2D eigenvalue weighted by Gasteiger charge is 2.57. The molecule has 21 heteroatoms. The summed E-state index contributed by atoms with van der Waals surface area (Å²) in [6.45, 7) is 5.17. The zero-order chi connectivity index (χ0) is 40.5. The van der Waals surface area contributed by atoms with Crippen molar-refractivity contribution < 1.29 is 95.6 Å². The fourth-order valence-corrected chi connectivity index (χ4v) is 6.26. The zero-order valence-corrected chi connectivity index (χ0v) is 33.3. The molecule has 1 aromatic carbocycles. The van der Waals surface area contributed by atoms with Crippen molar-refractivity contribution in [2.24, 2.45) is 0 Å². The number of alkyl halides is 1. The van der Waals surface area contributed by atoms with E-state index >= 15 is 0 Å². The van der Waals surface area contributed by atoms with Gasteiger partial charge in [0.05, 0.1) is 32.5 Å². The van der Waals surface area contributed by atoms with E-state index in [1.54, 1.807) is 24.3 Å². The van der Waals surface area contributed by atoms with E-state index in [1.165, 1.54) is 7.11 Å². The molecule has 2 bridgehead atoms. The Balaban J connectivity index is 1.61. The van der Waals surface area contributed by atoms with E-state index in [-0.39, 0.29) is 58.2 Å². The molecule has 2 saturated heterocycles. The van der Waals surface area contributed by atoms with Crippen molar-refractivity contribution in [3.05, 3.63) is 24.3 Å². The van der Waals surface area contributed by atoms with Crippen molar-refractivity contribution in [2.45, 2.75) is 89.1 Å². The van der Waals surface area contributed by atoms with E-state index in [1.807, 2.05) is 0 Å². The lowest BCUT2D eigenvalue weighted by Crippen LogP contribution is -2.66. The quantitative estimate of drug-likeness (QED) is 0.113. The van der Waals surface area contributed by atoms with Crippen LogP contribution in [0.3, 0.4) is 0 Å². The van der Waals surface area contributed by atoms with Gasteiger partial charge in [-0.15, -0.1) is 0 Å². The molecule has 5 rings (SSSR count). The molecule has 0 amide bonds. The van der Waals surface area contributed by atoms with Gasteiger partial charge in [-0.1, -0.05) is 15.9 Å². The second kappa shape index (κ2) is 23.9. The Morgan fingerprint density at radius 2 is 1.11 bits per heavy atom. The first-order valence-corrected chi connectivity index (χ1v) is 18.9. The highest BCUT2D eigenvalue weighted by atomic mass is 79.9. The van der Waals surface area contributed by atoms with Crippen molar-refractivity contribution in [3.8, 4) is 11.5 Å². The number of methoxy groups -OCH3 is 1. The van der Waals surface area contributed by atoms with Crippen LogP contribution in [0.2, 0.25) is 0 Å². The van der Waals surface area contributed by atoms with Crippen molar-refractivity contribution in [3.63, 3.8) is 0 Å². The maximum Gasteiger partial charge on any atom is 0.303 e. The summed E-state index contributed by atoms with van der Waals surface area (Å²) in [7, 11) is 1.38. The Hall–Kier alpha value is -3.22. The van der Waals surface area contributed by atoms with Crippen LogP contribution in [0.1, 0.15) is 27.7 Å². The summed E-state index contributed by atoms with van der Waals surface area (Å²) in [6, 6.07) is 7.13. The largest absolute Gasteiger partial charge is 0.491 e. The molecule has 0 radical (unpaired) electrons. The molecule has 0 aliphatic carbocycles. The lowest BCUT2D eigenvalue weighted by molar-refractivity contribution is -0.457. The highest BCUT2D eigenvalue weighted by molar-refractivity contribution is 9.09. The molecule has 10 atom stereocenters. The first kappa shape index (κ1) is 45.5. The summed E-state index contributed by atoms with van der Waals surface area (Å²) >= 11 is 3.44. The van der Waals surface area contributed by atoms with Crippen LogP contribution in [-0.2, 0) is 86.1 Å². The molecule has 0 N–H and O–H groups in total. The number of fused-ring (bicyclic) bond motifs is 16. The van der Waals surface area contributed by atoms with E-state index in [9.17, 15) is 19.2 Å². The number of esters is 4. The molecule has 4 heterocycles. The molecule has 0 aromatic heterocycles. The normalized spacial score (nSPS) is 31.1. The van der Waals surface area contributed by atoms with Crippen LogP contribution in [0.15, 0.2) is 24.3 Å². The van der Waals surface area contributed by atoms with Gasteiger partial charge in [-0.3, -0.25) is 19.2 Å². The zero-order valence-electron chi connectivity index (χ0n) is 31.7. The van der Waals surface area contributed by atoms with Gasteiger partial charge in [0.25, 0.3) is 0 Å². The minimum atomic E-state index is -1.60. The third-order valence-corrected chi connectivity index (χ3v) is 8.65. The van der Waals surface area contributed by atoms with E-state index in [4.69, 9.17) is 76.4 Å². The maximum absolute atomic E-state index is 12.5. The molecule has 20 nitrogen and oxygen atoms in total. The lowest BCUT2D eigenvalue weighted by Gasteiger charge is -2.48. The highest BCUT2D eigenvalue weighted by Crippen LogP contribution is 2.35. The number of hydrogen-bond donors (Lipinski definition) is 0. The van der Waals surface area contributed by atoms with Crippen LogP contribution >= 0.6 is 15.9 Å². The fourth-order valence-electron chi connectivity index (χ4n) is 5.73.